The minimum atomic E-state index is -3.70. The lowest BCUT2D eigenvalue weighted by Crippen LogP contribution is -2.31. The smallest absolute Gasteiger partial charge is 0.251 e. The van der Waals surface area contributed by atoms with Crippen molar-refractivity contribution in [1.29, 1.82) is 0 Å². The summed E-state index contributed by atoms with van der Waals surface area (Å²) in [7, 11) is -2.18. The Bertz CT molecular complexity index is 1050. The summed E-state index contributed by atoms with van der Waals surface area (Å²) in [4.78, 5) is 13.3. The van der Waals surface area contributed by atoms with E-state index in [1.165, 1.54) is 30.6 Å². The number of carbonyl (C=O) groups is 1. The minimum Gasteiger partial charge on any atom is -0.497 e. The first-order chi connectivity index (χ1) is 13.4. The van der Waals surface area contributed by atoms with Gasteiger partial charge in [0.05, 0.1) is 12.0 Å². The van der Waals surface area contributed by atoms with Crippen molar-refractivity contribution < 1.29 is 17.9 Å². The number of thiophene rings is 1. The van der Waals surface area contributed by atoms with Gasteiger partial charge >= 0.3 is 0 Å². The molecule has 0 aliphatic rings. The van der Waals surface area contributed by atoms with Crippen LogP contribution in [0.2, 0.25) is 0 Å². The molecular formula is C20H18BrNO4S2. The Morgan fingerprint density at radius 3 is 2.50 bits per heavy atom. The van der Waals surface area contributed by atoms with Gasteiger partial charge in [-0.05, 0) is 53.9 Å². The van der Waals surface area contributed by atoms with Crippen LogP contribution in [-0.2, 0) is 9.84 Å². The van der Waals surface area contributed by atoms with Crippen molar-refractivity contribution in [2.45, 2.75) is 10.1 Å². The van der Waals surface area contributed by atoms with E-state index in [1.807, 2.05) is 11.4 Å². The Kier molecular flexibility index (Phi) is 6.53. The highest BCUT2D eigenvalue weighted by molar-refractivity contribution is 9.10. The lowest BCUT2D eigenvalue weighted by Gasteiger charge is -2.18. The second kappa shape index (κ2) is 8.89. The average molecular weight is 480 g/mol. The van der Waals surface area contributed by atoms with Crippen molar-refractivity contribution in [3.63, 3.8) is 0 Å². The van der Waals surface area contributed by atoms with E-state index in [-0.39, 0.29) is 17.3 Å². The van der Waals surface area contributed by atoms with Crippen molar-refractivity contribution in [2.24, 2.45) is 0 Å². The van der Waals surface area contributed by atoms with Gasteiger partial charge in [-0.25, -0.2) is 8.42 Å². The van der Waals surface area contributed by atoms with Crippen molar-refractivity contribution >= 4 is 43.0 Å². The summed E-state index contributed by atoms with van der Waals surface area (Å²) in [6, 6.07) is 16.8. The number of methoxy groups -OCH3 is 1. The van der Waals surface area contributed by atoms with Crippen molar-refractivity contribution in [1.82, 2.24) is 5.32 Å². The molecule has 8 heteroatoms. The van der Waals surface area contributed by atoms with Crippen LogP contribution in [0.5, 0.6) is 5.75 Å². The zero-order chi connectivity index (χ0) is 20.1. The number of nitrogens with one attached hydrogen (secondary N) is 1. The molecule has 5 nitrogen and oxygen atoms in total. The third-order valence-corrected chi connectivity index (χ3v) is 7.89. The van der Waals surface area contributed by atoms with E-state index in [0.717, 1.165) is 4.47 Å². The lowest BCUT2D eigenvalue weighted by atomic mass is 10.2. The third-order valence-electron chi connectivity index (χ3n) is 4.16. The summed E-state index contributed by atoms with van der Waals surface area (Å²) in [5.74, 6) is 0.252. The highest BCUT2D eigenvalue weighted by Crippen LogP contribution is 2.32. The maximum Gasteiger partial charge on any atom is 0.251 e. The van der Waals surface area contributed by atoms with E-state index in [4.69, 9.17) is 4.74 Å². The second-order valence-corrected chi connectivity index (χ2v) is 9.97. The standard InChI is InChI=1S/C20H18BrNO4S2/c1-26-16-7-9-17(10-8-16)28(24,25)19(18-6-3-11-27-18)13-22-20(23)14-4-2-5-15(21)12-14/h2-12,19H,13H2,1H3,(H,22,23)/t19-/m1/s1. The molecule has 0 saturated heterocycles. The summed E-state index contributed by atoms with van der Waals surface area (Å²) in [5, 5.41) is 3.70. The first-order valence-corrected chi connectivity index (χ1v) is 11.6. The highest BCUT2D eigenvalue weighted by Gasteiger charge is 2.30. The number of sulfone groups is 1. The molecule has 0 saturated carbocycles. The van der Waals surface area contributed by atoms with Gasteiger partial charge < -0.3 is 10.1 Å². The van der Waals surface area contributed by atoms with E-state index in [0.29, 0.717) is 16.2 Å². The van der Waals surface area contributed by atoms with Gasteiger partial charge in [0, 0.05) is 21.5 Å². The van der Waals surface area contributed by atoms with Crippen LogP contribution >= 0.6 is 27.3 Å². The molecule has 1 N–H and O–H groups in total. The molecular weight excluding hydrogens is 462 g/mol. The first-order valence-electron chi connectivity index (χ1n) is 8.37. The Morgan fingerprint density at radius 2 is 1.89 bits per heavy atom. The maximum atomic E-state index is 13.2. The van der Waals surface area contributed by atoms with Gasteiger partial charge in [0.15, 0.2) is 9.84 Å². The summed E-state index contributed by atoms with van der Waals surface area (Å²) >= 11 is 4.68. The number of amides is 1. The number of halogens is 1. The van der Waals surface area contributed by atoms with Crippen molar-refractivity contribution in [2.75, 3.05) is 13.7 Å². The van der Waals surface area contributed by atoms with Gasteiger partial charge in [-0.15, -0.1) is 11.3 Å². The molecule has 146 valence electrons. The predicted octanol–water partition coefficient (Wildman–Crippen LogP) is 4.46. The number of carbonyl (C=O) groups excluding carboxylic acids is 1. The molecule has 0 bridgehead atoms. The van der Waals surface area contributed by atoms with Gasteiger partial charge in [-0.2, -0.15) is 0 Å². The van der Waals surface area contributed by atoms with Crippen LogP contribution in [0, 0.1) is 0 Å². The summed E-state index contributed by atoms with van der Waals surface area (Å²) in [6.07, 6.45) is 0. The number of hydrogen-bond donors (Lipinski definition) is 1. The lowest BCUT2D eigenvalue weighted by molar-refractivity contribution is 0.0953. The molecule has 0 radical (unpaired) electrons. The topological polar surface area (TPSA) is 72.5 Å². The largest absolute Gasteiger partial charge is 0.497 e. The van der Waals surface area contributed by atoms with E-state index < -0.39 is 15.1 Å². The van der Waals surface area contributed by atoms with Crippen molar-refractivity contribution in [3.8, 4) is 5.75 Å². The van der Waals surface area contributed by atoms with E-state index in [9.17, 15) is 13.2 Å². The number of hydrogen-bond acceptors (Lipinski definition) is 5. The molecule has 0 aliphatic carbocycles. The second-order valence-electron chi connectivity index (χ2n) is 5.94. The van der Waals surface area contributed by atoms with Gasteiger partial charge in [0.2, 0.25) is 0 Å². The molecule has 1 amide bonds. The van der Waals surface area contributed by atoms with Crippen LogP contribution < -0.4 is 10.1 Å². The van der Waals surface area contributed by atoms with Crippen molar-refractivity contribution in [3.05, 3.63) is 81.0 Å². The fourth-order valence-electron chi connectivity index (χ4n) is 2.68. The van der Waals surface area contributed by atoms with E-state index in [1.54, 1.807) is 42.5 Å². The average Bonchev–Trinajstić information content (AvgIpc) is 3.22. The summed E-state index contributed by atoms with van der Waals surface area (Å²) in [6.45, 7) is -0.0276. The zero-order valence-electron chi connectivity index (χ0n) is 15.0. The molecule has 0 aliphatic heterocycles. The normalized spacial score (nSPS) is 12.4. The van der Waals surface area contributed by atoms with Gasteiger partial charge in [0.1, 0.15) is 11.0 Å². The molecule has 1 atom stereocenters. The number of ether oxygens (including phenoxy) is 1. The van der Waals surface area contributed by atoms with Gasteiger partial charge in [-0.3, -0.25) is 4.79 Å². The molecule has 3 rings (SSSR count). The maximum absolute atomic E-state index is 13.2. The monoisotopic (exact) mass is 479 g/mol. The predicted molar refractivity (Wildman–Crippen MR) is 114 cm³/mol. The molecule has 0 fully saturated rings. The summed E-state index contributed by atoms with van der Waals surface area (Å²) < 4.78 is 32.4. The zero-order valence-corrected chi connectivity index (χ0v) is 18.2. The first kappa shape index (κ1) is 20.6. The Morgan fingerprint density at radius 1 is 1.14 bits per heavy atom. The van der Waals surface area contributed by atoms with Crippen LogP contribution in [0.15, 0.2) is 75.4 Å². The van der Waals surface area contributed by atoms with Gasteiger partial charge in [-0.1, -0.05) is 28.1 Å². The van der Waals surface area contributed by atoms with Crippen LogP contribution in [0.25, 0.3) is 0 Å². The molecule has 3 aromatic rings. The fourth-order valence-corrected chi connectivity index (χ4v) is 5.87. The van der Waals surface area contributed by atoms with E-state index in [2.05, 4.69) is 21.2 Å². The number of benzene rings is 2. The van der Waals surface area contributed by atoms with E-state index >= 15 is 0 Å². The third kappa shape index (κ3) is 4.63. The molecule has 1 aromatic heterocycles. The Hall–Kier alpha value is -2.16. The molecule has 1 heterocycles. The Balaban J connectivity index is 1.86. The molecule has 2 aromatic carbocycles. The SMILES string of the molecule is COc1ccc(S(=O)(=O)[C@H](CNC(=O)c2cccc(Br)c2)c2cccs2)cc1. The van der Waals surface area contributed by atoms with Gasteiger partial charge in [0.25, 0.3) is 5.91 Å². The Labute approximate surface area is 176 Å². The molecule has 28 heavy (non-hydrogen) atoms. The fraction of sp³-hybridized carbons (Fsp3) is 0.150. The number of rotatable bonds is 7. The van der Waals surface area contributed by atoms with Crippen LogP contribution in [0.1, 0.15) is 20.5 Å². The highest BCUT2D eigenvalue weighted by atomic mass is 79.9. The quantitative estimate of drug-likeness (QED) is 0.542. The minimum absolute atomic E-state index is 0.0276. The van der Waals surface area contributed by atoms with Crippen LogP contribution in [0.4, 0.5) is 0 Å². The molecule has 0 spiro atoms. The summed E-state index contributed by atoms with van der Waals surface area (Å²) in [5.41, 5.74) is 0.459. The van der Waals surface area contributed by atoms with Crippen LogP contribution in [0.3, 0.4) is 0 Å². The molecule has 0 unspecified atom stereocenters. The van der Waals surface area contributed by atoms with Crippen LogP contribution in [-0.4, -0.2) is 28.0 Å².